The Hall–Kier alpha value is -3.14. The van der Waals surface area contributed by atoms with Crippen LogP contribution in [0.15, 0.2) is 72.1 Å². The number of aliphatic hydroxyl groups is 1. The van der Waals surface area contributed by atoms with E-state index < -0.39 is 16.1 Å². The molecule has 1 unspecified atom stereocenters. The van der Waals surface area contributed by atoms with Crippen molar-refractivity contribution in [1.82, 2.24) is 19.3 Å². The van der Waals surface area contributed by atoms with Gasteiger partial charge in [0, 0.05) is 48.6 Å². The summed E-state index contributed by atoms with van der Waals surface area (Å²) in [6.45, 7) is -0.156. The second-order valence-corrected chi connectivity index (χ2v) is 8.89. The third-order valence-corrected chi connectivity index (χ3v) is 6.71. The largest absolute Gasteiger partial charge is 0.385 e. The summed E-state index contributed by atoms with van der Waals surface area (Å²) in [5.74, 6) is -0.330. The summed E-state index contributed by atoms with van der Waals surface area (Å²) < 4.78 is 40.2. The molecule has 0 radical (unpaired) electrons. The van der Waals surface area contributed by atoms with Crippen LogP contribution in [0.1, 0.15) is 11.8 Å². The van der Waals surface area contributed by atoms with Gasteiger partial charge in [-0.2, -0.15) is 4.31 Å². The number of halogens is 1. The van der Waals surface area contributed by atoms with Crippen molar-refractivity contribution >= 4 is 20.9 Å². The molecule has 0 fully saturated rings. The molecule has 2 aromatic heterocycles. The fourth-order valence-electron chi connectivity index (χ4n) is 3.24. The molecule has 30 heavy (non-hydrogen) atoms. The number of aromatic nitrogens is 3. The van der Waals surface area contributed by atoms with Crippen LogP contribution in [0.3, 0.4) is 0 Å². The van der Waals surface area contributed by atoms with Gasteiger partial charge in [-0.25, -0.2) is 12.8 Å². The van der Waals surface area contributed by atoms with Crippen LogP contribution in [0.4, 0.5) is 4.39 Å². The van der Waals surface area contributed by atoms with Gasteiger partial charge >= 0.3 is 0 Å². The Kier molecular flexibility index (Phi) is 5.33. The highest BCUT2D eigenvalue weighted by Gasteiger charge is 2.24. The molecule has 4 aromatic rings. The van der Waals surface area contributed by atoms with Gasteiger partial charge in [-0.05, 0) is 35.9 Å². The number of hydrogen-bond donors (Lipinski definition) is 2. The molecular weight excluding hydrogens is 407 g/mol. The summed E-state index contributed by atoms with van der Waals surface area (Å²) in [6, 6.07) is 10.9. The minimum atomic E-state index is -3.81. The molecule has 0 saturated heterocycles. The van der Waals surface area contributed by atoms with E-state index >= 15 is 0 Å². The highest BCUT2D eigenvalue weighted by molar-refractivity contribution is 7.89. The zero-order valence-electron chi connectivity index (χ0n) is 16.0. The lowest BCUT2D eigenvalue weighted by Crippen LogP contribution is -2.31. The van der Waals surface area contributed by atoms with Crippen LogP contribution < -0.4 is 0 Å². The standard InChI is InChI=1S/C21H19FN4O3S/c1-26(13-21(27)20-12-23-8-9-24-20)30(28,29)16-5-2-14(3-6-16)18-11-25-19-10-15(22)4-7-17(18)19/h2-12,21,25,27H,13H2,1H3. The Morgan fingerprint density at radius 3 is 2.63 bits per heavy atom. The number of rotatable bonds is 6. The summed E-state index contributed by atoms with van der Waals surface area (Å²) in [6.07, 6.45) is 4.97. The van der Waals surface area contributed by atoms with Crippen molar-refractivity contribution in [3.63, 3.8) is 0 Å². The number of hydrogen-bond acceptors (Lipinski definition) is 5. The zero-order valence-corrected chi connectivity index (χ0v) is 16.8. The Bertz CT molecular complexity index is 1270. The topological polar surface area (TPSA) is 99.2 Å². The Labute approximate surface area is 172 Å². The first-order valence-electron chi connectivity index (χ1n) is 9.13. The highest BCUT2D eigenvalue weighted by atomic mass is 32.2. The van der Waals surface area contributed by atoms with Gasteiger partial charge in [0.2, 0.25) is 10.0 Å². The van der Waals surface area contributed by atoms with E-state index in [-0.39, 0.29) is 17.3 Å². The van der Waals surface area contributed by atoms with Crippen LogP contribution in [0.2, 0.25) is 0 Å². The number of fused-ring (bicyclic) bond motifs is 1. The highest BCUT2D eigenvalue weighted by Crippen LogP contribution is 2.30. The van der Waals surface area contributed by atoms with Gasteiger partial charge in [0.05, 0.1) is 16.8 Å². The van der Waals surface area contributed by atoms with Crippen LogP contribution >= 0.6 is 0 Å². The maximum atomic E-state index is 13.4. The van der Waals surface area contributed by atoms with E-state index in [4.69, 9.17) is 0 Å². The molecule has 0 amide bonds. The fourth-order valence-corrected chi connectivity index (χ4v) is 4.42. The lowest BCUT2D eigenvalue weighted by molar-refractivity contribution is 0.150. The predicted molar refractivity (Wildman–Crippen MR) is 111 cm³/mol. The number of aliphatic hydroxyl groups excluding tert-OH is 1. The fraction of sp³-hybridized carbons (Fsp3) is 0.143. The SMILES string of the molecule is CN(CC(O)c1cnccn1)S(=O)(=O)c1ccc(-c2c[nH]c3cc(F)ccc23)cc1. The van der Waals surface area contributed by atoms with E-state index in [0.717, 1.165) is 20.8 Å². The number of nitrogens with one attached hydrogen (secondary N) is 1. The van der Waals surface area contributed by atoms with Gasteiger partial charge in [-0.15, -0.1) is 0 Å². The van der Waals surface area contributed by atoms with Crippen molar-refractivity contribution < 1.29 is 17.9 Å². The zero-order chi connectivity index (χ0) is 21.3. The molecule has 0 aliphatic rings. The van der Waals surface area contributed by atoms with E-state index in [1.54, 1.807) is 24.4 Å². The Morgan fingerprint density at radius 2 is 1.93 bits per heavy atom. The van der Waals surface area contributed by atoms with Crippen molar-refractivity contribution in [2.75, 3.05) is 13.6 Å². The van der Waals surface area contributed by atoms with E-state index in [9.17, 15) is 17.9 Å². The van der Waals surface area contributed by atoms with Gasteiger partial charge < -0.3 is 10.1 Å². The molecule has 0 aliphatic heterocycles. The summed E-state index contributed by atoms with van der Waals surface area (Å²) in [4.78, 5) is 11.0. The third-order valence-electron chi connectivity index (χ3n) is 4.87. The summed E-state index contributed by atoms with van der Waals surface area (Å²) in [5.41, 5.74) is 2.61. The first-order chi connectivity index (χ1) is 14.4. The third kappa shape index (κ3) is 3.82. The van der Waals surface area contributed by atoms with E-state index in [1.165, 1.54) is 49.9 Å². The molecule has 0 bridgehead atoms. The molecule has 0 spiro atoms. The molecule has 1 atom stereocenters. The Morgan fingerprint density at radius 1 is 1.17 bits per heavy atom. The maximum Gasteiger partial charge on any atom is 0.242 e. The van der Waals surface area contributed by atoms with Crippen molar-refractivity contribution in [1.29, 1.82) is 0 Å². The number of aromatic amines is 1. The van der Waals surface area contributed by atoms with Crippen molar-refractivity contribution in [3.05, 3.63) is 78.8 Å². The van der Waals surface area contributed by atoms with Gasteiger partial charge in [0.15, 0.2) is 0 Å². The minimum Gasteiger partial charge on any atom is -0.385 e. The number of nitrogens with zero attached hydrogens (tertiary/aromatic N) is 3. The summed E-state index contributed by atoms with van der Waals surface area (Å²) in [7, 11) is -2.41. The van der Waals surface area contributed by atoms with Gasteiger partial charge in [-0.1, -0.05) is 12.1 Å². The van der Waals surface area contributed by atoms with Crippen LogP contribution in [-0.2, 0) is 10.0 Å². The number of sulfonamides is 1. The molecule has 2 N–H and O–H groups in total. The summed E-state index contributed by atoms with van der Waals surface area (Å²) >= 11 is 0. The van der Waals surface area contributed by atoms with E-state index in [0.29, 0.717) is 11.2 Å². The molecule has 0 saturated carbocycles. The van der Waals surface area contributed by atoms with Gasteiger partial charge in [0.1, 0.15) is 11.9 Å². The van der Waals surface area contributed by atoms with Crippen LogP contribution in [0.5, 0.6) is 0 Å². The van der Waals surface area contributed by atoms with Crippen molar-refractivity contribution in [3.8, 4) is 11.1 Å². The summed E-state index contributed by atoms with van der Waals surface area (Å²) in [5, 5.41) is 11.1. The monoisotopic (exact) mass is 426 g/mol. The first kappa shape index (κ1) is 20.1. The number of likely N-dealkylation sites (N-methyl/N-ethyl adjacent to an activating group) is 1. The maximum absolute atomic E-state index is 13.4. The molecule has 0 aliphatic carbocycles. The molecule has 9 heteroatoms. The average molecular weight is 426 g/mol. The Balaban J connectivity index is 1.56. The van der Waals surface area contributed by atoms with Gasteiger partial charge in [-0.3, -0.25) is 9.97 Å². The van der Waals surface area contributed by atoms with E-state index in [1.807, 2.05) is 0 Å². The molecular formula is C21H19FN4O3S. The van der Waals surface area contributed by atoms with E-state index in [2.05, 4.69) is 15.0 Å². The molecule has 154 valence electrons. The average Bonchev–Trinajstić information content (AvgIpc) is 3.17. The van der Waals surface area contributed by atoms with Crippen LogP contribution in [-0.4, -0.2) is 46.4 Å². The van der Waals surface area contributed by atoms with Crippen LogP contribution in [0.25, 0.3) is 22.0 Å². The first-order valence-corrected chi connectivity index (χ1v) is 10.6. The predicted octanol–water partition coefficient (Wildman–Crippen LogP) is 3.12. The smallest absolute Gasteiger partial charge is 0.242 e. The molecule has 4 rings (SSSR count). The second-order valence-electron chi connectivity index (χ2n) is 6.85. The normalized spacial score (nSPS) is 13.1. The molecule has 2 heterocycles. The lowest BCUT2D eigenvalue weighted by atomic mass is 10.1. The number of H-pyrrole nitrogens is 1. The lowest BCUT2D eigenvalue weighted by Gasteiger charge is -2.20. The van der Waals surface area contributed by atoms with Crippen molar-refractivity contribution in [2.45, 2.75) is 11.0 Å². The second kappa shape index (κ2) is 7.94. The van der Waals surface area contributed by atoms with Crippen LogP contribution in [0, 0.1) is 5.82 Å². The van der Waals surface area contributed by atoms with Crippen molar-refractivity contribution in [2.24, 2.45) is 0 Å². The number of benzene rings is 2. The quantitative estimate of drug-likeness (QED) is 0.494. The molecule has 2 aromatic carbocycles. The molecule has 7 nitrogen and oxygen atoms in total. The van der Waals surface area contributed by atoms with Gasteiger partial charge in [0.25, 0.3) is 0 Å². The minimum absolute atomic E-state index is 0.103.